The van der Waals surface area contributed by atoms with Crippen molar-refractivity contribution in [3.05, 3.63) is 29.0 Å². The first-order chi connectivity index (χ1) is 10.3. The van der Waals surface area contributed by atoms with Crippen LogP contribution in [0.5, 0.6) is 0 Å². The highest BCUT2D eigenvalue weighted by Crippen LogP contribution is 2.20. The van der Waals surface area contributed by atoms with Gasteiger partial charge in [0, 0.05) is 31.4 Å². The maximum absolute atomic E-state index is 12.2. The van der Waals surface area contributed by atoms with E-state index in [4.69, 9.17) is 16.3 Å². The number of carbonyl (C=O) groups excluding carboxylic acids is 1. The Kier molecular flexibility index (Phi) is 5.42. The van der Waals surface area contributed by atoms with Crippen LogP contribution in [0.25, 0.3) is 0 Å². The average molecular weight is 326 g/mol. The van der Waals surface area contributed by atoms with Gasteiger partial charge in [-0.3, -0.25) is 9.69 Å². The predicted molar refractivity (Wildman–Crippen MR) is 87.2 cm³/mol. The summed E-state index contributed by atoms with van der Waals surface area (Å²) in [4.78, 5) is 18.5. The second kappa shape index (κ2) is 6.94. The average Bonchev–Trinajstić information content (AvgIpc) is 2.44. The maximum atomic E-state index is 12.2. The fraction of sp³-hybridized carbons (Fsp3) is 0.625. The van der Waals surface area contributed by atoms with E-state index < -0.39 is 0 Å². The summed E-state index contributed by atoms with van der Waals surface area (Å²) in [5.74, 6) is -0.133. The molecule has 0 aromatic carbocycles. The lowest BCUT2D eigenvalue weighted by molar-refractivity contribution is -0.0948. The molecule has 1 fully saturated rings. The van der Waals surface area contributed by atoms with E-state index in [0.717, 1.165) is 13.1 Å². The minimum atomic E-state index is -0.137. The molecule has 1 saturated heterocycles. The number of hydrogen-bond donors (Lipinski definition) is 1. The summed E-state index contributed by atoms with van der Waals surface area (Å²) in [7, 11) is 0. The normalized spacial score (nSPS) is 23.3. The van der Waals surface area contributed by atoms with Crippen LogP contribution in [0, 0.1) is 0 Å². The highest BCUT2D eigenvalue weighted by Gasteiger charge is 2.33. The number of hydrogen-bond acceptors (Lipinski definition) is 4. The lowest BCUT2D eigenvalue weighted by Gasteiger charge is -2.45. The summed E-state index contributed by atoms with van der Waals surface area (Å²) < 4.78 is 5.77. The van der Waals surface area contributed by atoms with Crippen LogP contribution in [0.2, 0.25) is 5.15 Å². The Morgan fingerprint density at radius 2 is 2.05 bits per heavy atom. The summed E-state index contributed by atoms with van der Waals surface area (Å²) in [5.41, 5.74) is 0.380. The van der Waals surface area contributed by atoms with Crippen molar-refractivity contribution in [2.75, 3.05) is 19.6 Å². The second-order valence-electron chi connectivity index (χ2n) is 6.53. The number of halogens is 1. The van der Waals surface area contributed by atoms with Crippen molar-refractivity contribution < 1.29 is 9.53 Å². The van der Waals surface area contributed by atoms with Crippen molar-refractivity contribution in [1.82, 2.24) is 15.2 Å². The van der Waals surface area contributed by atoms with Gasteiger partial charge < -0.3 is 10.1 Å². The Bertz CT molecular complexity index is 509. The molecule has 1 aromatic heterocycles. The van der Waals surface area contributed by atoms with Crippen LogP contribution in [-0.2, 0) is 4.74 Å². The van der Waals surface area contributed by atoms with Gasteiger partial charge in [0.25, 0.3) is 5.91 Å². The first-order valence-electron chi connectivity index (χ1n) is 7.58. The van der Waals surface area contributed by atoms with E-state index in [0.29, 0.717) is 17.3 Å². The third-order valence-electron chi connectivity index (χ3n) is 3.95. The summed E-state index contributed by atoms with van der Waals surface area (Å²) >= 11 is 5.73. The van der Waals surface area contributed by atoms with E-state index in [9.17, 15) is 4.79 Å². The van der Waals surface area contributed by atoms with Gasteiger partial charge in [0.15, 0.2) is 0 Å². The Labute approximate surface area is 137 Å². The van der Waals surface area contributed by atoms with Crippen molar-refractivity contribution >= 4 is 17.5 Å². The Balaban J connectivity index is 1.94. The molecule has 2 heterocycles. The molecule has 0 aliphatic carbocycles. The van der Waals surface area contributed by atoms with Crippen molar-refractivity contribution in [2.24, 2.45) is 0 Å². The molecule has 5 nitrogen and oxygen atoms in total. The zero-order valence-electron chi connectivity index (χ0n) is 13.6. The zero-order chi connectivity index (χ0) is 16.3. The van der Waals surface area contributed by atoms with Crippen molar-refractivity contribution in [3.8, 4) is 0 Å². The van der Waals surface area contributed by atoms with Gasteiger partial charge in [-0.25, -0.2) is 4.98 Å². The van der Waals surface area contributed by atoms with Crippen LogP contribution in [-0.4, -0.2) is 53.2 Å². The van der Waals surface area contributed by atoms with Gasteiger partial charge in [-0.15, -0.1) is 0 Å². The molecule has 22 heavy (non-hydrogen) atoms. The van der Waals surface area contributed by atoms with E-state index in [1.807, 2.05) is 0 Å². The number of morpholine rings is 1. The SMILES string of the molecule is C[C@@H]1CN(C(C)(C)CNC(=O)c2ccc(Cl)nc2)C[C@@H](C)O1. The molecule has 1 amide bonds. The molecule has 1 aliphatic heterocycles. The van der Waals surface area contributed by atoms with E-state index in [1.54, 1.807) is 12.1 Å². The van der Waals surface area contributed by atoms with E-state index in [2.05, 4.69) is 42.9 Å². The molecule has 2 atom stereocenters. The number of nitrogens with zero attached hydrogens (tertiary/aromatic N) is 2. The number of amides is 1. The van der Waals surface area contributed by atoms with Crippen LogP contribution in [0.1, 0.15) is 38.1 Å². The fourth-order valence-corrected chi connectivity index (χ4v) is 2.80. The lowest BCUT2D eigenvalue weighted by atomic mass is 10.00. The van der Waals surface area contributed by atoms with Crippen LogP contribution < -0.4 is 5.32 Å². The van der Waals surface area contributed by atoms with Crippen LogP contribution in [0.4, 0.5) is 0 Å². The molecule has 2 rings (SSSR count). The number of ether oxygens (including phenoxy) is 1. The minimum Gasteiger partial charge on any atom is -0.373 e. The van der Waals surface area contributed by atoms with E-state index >= 15 is 0 Å². The van der Waals surface area contributed by atoms with Crippen molar-refractivity contribution in [1.29, 1.82) is 0 Å². The molecule has 1 aliphatic rings. The maximum Gasteiger partial charge on any atom is 0.252 e. The molecule has 122 valence electrons. The molecule has 0 saturated carbocycles. The number of nitrogens with one attached hydrogen (secondary N) is 1. The smallest absolute Gasteiger partial charge is 0.252 e. The first kappa shape index (κ1) is 17.2. The zero-order valence-corrected chi connectivity index (χ0v) is 14.4. The summed E-state index contributed by atoms with van der Waals surface area (Å²) in [5, 5.41) is 3.36. The Morgan fingerprint density at radius 1 is 1.41 bits per heavy atom. The third kappa shape index (κ3) is 4.41. The van der Waals surface area contributed by atoms with Gasteiger partial charge in [-0.1, -0.05) is 11.6 Å². The summed E-state index contributed by atoms with van der Waals surface area (Å²) in [6.07, 6.45) is 1.90. The number of carbonyl (C=O) groups is 1. The molecule has 1 aromatic rings. The standard InChI is InChI=1S/C16H24ClN3O2/c1-11-8-20(9-12(2)22-11)16(3,4)10-19-15(21)13-5-6-14(17)18-7-13/h5-7,11-12H,8-10H2,1-4H3,(H,19,21)/t11-,12-/m1/s1. The number of aromatic nitrogens is 1. The Morgan fingerprint density at radius 3 is 2.59 bits per heavy atom. The first-order valence-corrected chi connectivity index (χ1v) is 7.96. The predicted octanol–water partition coefficient (Wildman–Crippen LogP) is 2.35. The molecular weight excluding hydrogens is 302 g/mol. The van der Waals surface area contributed by atoms with Crippen molar-refractivity contribution in [2.45, 2.75) is 45.4 Å². The van der Waals surface area contributed by atoms with Crippen LogP contribution in [0.15, 0.2) is 18.3 Å². The van der Waals surface area contributed by atoms with Gasteiger partial charge in [-0.05, 0) is 39.8 Å². The quantitative estimate of drug-likeness (QED) is 0.863. The molecule has 6 heteroatoms. The van der Waals surface area contributed by atoms with Gasteiger partial charge in [0.1, 0.15) is 5.15 Å². The van der Waals surface area contributed by atoms with Crippen LogP contribution >= 0.6 is 11.6 Å². The monoisotopic (exact) mass is 325 g/mol. The lowest BCUT2D eigenvalue weighted by Crippen LogP contribution is -2.58. The van der Waals surface area contributed by atoms with Gasteiger partial charge >= 0.3 is 0 Å². The van der Waals surface area contributed by atoms with E-state index in [1.165, 1.54) is 6.20 Å². The van der Waals surface area contributed by atoms with Crippen LogP contribution in [0.3, 0.4) is 0 Å². The Hall–Kier alpha value is -1.17. The summed E-state index contributed by atoms with van der Waals surface area (Å²) in [6.45, 7) is 10.7. The third-order valence-corrected chi connectivity index (χ3v) is 4.17. The molecule has 0 unspecified atom stereocenters. The topological polar surface area (TPSA) is 54.5 Å². The number of pyridine rings is 1. The van der Waals surface area contributed by atoms with Gasteiger partial charge in [0.05, 0.1) is 17.8 Å². The number of rotatable bonds is 4. The summed E-state index contributed by atoms with van der Waals surface area (Å²) in [6, 6.07) is 3.30. The van der Waals surface area contributed by atoms with E-state index in [-0.39, 0.29) is 23.7 Å². The van der Waals surface area contributed by atoms with Crippen molar-refractivity contribution in [3.63, 3.8) is 0 Å². The molecule has 0 spiro atoms. The molecular formula is C16H24ClN3O2. The molecule has 1 N–H and O–H groups in total. The highest BCUT2D eigenvalue weighted by atomic mass is 35.5. The molecule has 0 radical (unpaired) electrons. The largest absolute Gasteiger partial charge is 0.373 e. The van der Waals surface area contributed by atoms with Gasteiger partial charge in [0.2, 0.25) is 0 Å². The molecule has 0 bridgehead atoms. The van der Waals surface area contributed by atoms with Gasteiger partial charge in [-0.2, -0.15) is 0 Å². The second-order valence-corrected chi connectivity index (χ2v) is 6.91. The highest BCUT2D eigenvalue weighted by molar-refractivity contribution is 6.29. The fourth-order valence-electron chi connectivity index (χ4n) is 2.69. The minimum absolute atomic E-state index is 0.133.